The van der Waals surface area contributed by atoms with Gasteiger partial charge in [0.15, 0.2) is 0 Å². The van der Waals surface area contributed by atoms with Crippen LogP contribution in [-0.2, 0) is 27.4 Å². The minimum Gasteiger partial charge on any atom is -0.391 e. The standard InChI is InChI=1S/C32H38F6N2O3/c1-21(22-17-24(31(33,34)35)19-25(18-22)32(36,37)38)28(42)39-30(23-5-3-2-4-6-23)11-7-26(8-12-30)40-15-13-29(14-16-40)10-9-27(41)20-43-29/h2-6,17-19,21,26-27,41H,7-16,20H2,1H3,(H,39,42)/t21-,26?,27+,30?/m0/s1. The molecule has 3 aliphatic rings. The fourth-order valence-electron chi connectivity index (χ4n) is 6.98. The highest BCUT2D eigenvalue weighted by Gasteiger charge is 2.44. The van der Waals surface area contributed by atoms with E-state index >= 15 is 0 Å². The number of halogens is 6. The van der Waals surface area contributed by atoms with Crippen LogP contribution in [0.2, 0.25) is 0 Å². The molecule has 43 heavy (non-hydrogen) atoms. The fraction of sp³-hybridized carbons (Fsp3) is 0.594. The summed E-state index contributed by atoms with van der Waals surface area (Å²) < 4.78 is 86.9. The molecule has 0 unspecified atom stereocenters. The average Bonchev–Trinajstić information content (AvgIpc) is 2.98. The summed E-state index contributed by atoms with van der Waals surface area (Å²) in [4.78, 5) is 16.0. The van der Waals surface area contributed by atoms with Gasteiger partial charge in [-0.15, -0.1) is 0 Å². The predicted octanol–water partition coefficient (Wildman–Crippen LogP) is 6.79. The molecule has 5 rings (SSSR count). The normalized spacial score (nSPS) is 27.5. The van der Waals surface area contributed by atoms with Crippen molar-refractivity contribution in [3.05, 3.63) is 70.8 Å². The monoisotopic (exact) mass is 612 g/mol. The quantitative estimate of drug-likeness (QED) is 0.365. The third-order valence-corrected chi connectivity index (χ3v) is 9.74. The molecular formula is C32H38F6N2O3. The number of likely N-dealkylation sites (tertiary alicyclic amines) is 1. The fourth-order valence-corrected chi connectivity index (χ4v) is 6.98. The number of ether oxygens (including phenoxy) is 1. The molecule has 1 aliphatic carbocycles. The number of benzene rings is 2. The SMILES string of the molecule is C[C@H](C(=O)NC1(c2ccccc2)CCC(N2CCC3(CC[C@@H](O)CO3)CC2)CC1)c1cc(C(F)(F)F)cc(C(F)(F)F)c1. The number of nitrogens with one attached hydrogen (secondary N) is 1. The molecule has 1 amide bonds. The third-order valence-electron chi connectivity index (χ3n) is 9.74. The van der Waals surface area contributed by atoms with Gasteiger partial charge < -0.3 is 20.1 Å². The van der Waals surface area contributed by atoms with E-state index < -0.39 is 46.9 Å². The Kier molecular flexibility index (Phi) is 8.90. The molecule has 5 nitrogen and oxygen atoms in total. The summed E-state index contributed by atoms with van der Waals surface area (Å²) in [7, 11) is 0. The van der Waals surface area contributed by atoms with E-state index in [2.05, 4.69) is 10.2 Å². The molecule has 3 fully saturated rings. The Hall–Kier alpha value is -2.63. The Balaban J connectivity index is 1.31. The maximum atomic E-state index is 13.6. The minimum absolute atomic E-state index is 0.0764. The van der Waals surface area contributed by atoms with E-state index in [4.69, 9.17) is 4.74 Å². The number of alkyl halides is 6. The van der Waals surface area contributed by atoms with Crippen molar-refractivity contribution in [3.63, 3.8) is 0 Å². The Morgan fingerprint density at radius 3 is 2.00 bits per heavy atom. The van der Waals surface area contributed by atoms with Gasteiger partial charge >= 0.3 is 12.4 Å². The van der Waals surface area contributed by atoms with Crippen LogP contribution in [0.5, 0.6) is 0 Å². The lowest BCUT2D eigenvalue weighted by Crippen LogP contribution is -2.55. The third kappa shape index (κ3) is 7.04. The van der Waals surface area contributed by atoms with Crippen molar-refractivity contribution in [2.45, 2.75) is 99.8 Å². The van der Waals surface area contributed by atoms with Crippen LogP contribution in [0.1, 0.15) is 86.5 Å². The number of aliphatic hydroxyl groups is 1. The Morgan fingerprint density at radius 2 is 1.49 bits per heavy atom. The molecule has 11 heteroatoms. The van der Waals surface area contributed by atoms with Gasteiger partial charge in [-0.25, -0.2) is 0 Å². The molecule has 2 saturated heterocycles. The highest BCUT2D eigenvalue weighted by atomic mass is 19.4. The summed E-state index contributed by atoms with van der Waals surface area (Å²) >= 11 is 0. The van der Waals surface area contributed by atoms with Crippen LogP contribution in [0.25, 0.3) is 0 Å². The van der Waals surface area contributed by atoms with Gasteiger partial charge in [0.1, 0.15) is 0 Å². The van der Waals surface area contributed by atoms with Crippen molar-refractivity contribution in [2.24, 2.45) is 0 Å². The molecule has 0 radical (unpaired) electrons. The maximum absolute atomic E-state index is 13.6. The largest absolute Gasteiger partial charge is 0.416 e. The molecule has 2 aliphatic heterocycles. The number of aliphatic hydroxyl groups excluding tert-OH is 1. The number of hydrogen-bond acceptors (Lipinski definition) is 4. The number of nitrogens with zero attached hydrogens (tertiary/aromatic N) is 1. The van der Waals surface area contributed by atoms with E-state index in [9.17, 15) is 36.2 Å². The van der Waals surface area contributed by atoms with E-state index in [1.807, 2.05) is 30.3 Å². The first-order valence-corrected chi connectivity index (χ1v) is 14.9. The van der Waals surface area contributed by atoms with Crippen LogP contribution in [0.4, 0.5) is 26.3 Å². The number of carbonyl (C=O) groups is 1. The Morgan fingerprint density at radius 1 is 0.907 bits per heavy atom. The van der Waals surface area contributed by atoms with Gasteiger partial charge in [0.25, 0.3) is 0 Å². The first-order chi connectivity index (χ1) is 20.2. The van der Waals surface area contributed by atoms with Gasteiger partial charge in [-0.1, -0.05) is 30.3 Å². The van der Waals surface area contributed by atoms with Gasteiger partial charge in [0, 0.05) is 19.1 Å². The first-order valence-electron chi connectivity index (χ1n) is 14.9. The topological polar surface area (TPSA) is 61.8 Å². The smallest absolute Gasteiger partial charge is 0.391 e. The summed E-state index contributed by atoms with van der Waals surface area (Å²) in [6.45, 7) is 3.46. The van der Waals surface area contributed by atoms with Crippen LogP contribution in [0, 0.1) is 0 Å². The van der Waals surface area contributed by atoms with Gasteiger partial charge in [-0.2, -0.15) is 26.3 Å². The van der Waals surface area contributed by atoms with E-state index in [1.54, 1.807) is 0 Å². The van der Waals surface area contributed by atoms with Crippen LogP contribution in [0.15, 0.2) is 48.5 Å². The van der Waals surface area contributed by atoms with Gasteiger partial charge in [0.2, 0.25) is 5.91 Å². The van der Waals surface area contributed by atoms with Crippen molar-refractivity contribution < 1.29 is 41.0 Å². The molecular weight excluding hydrogens is 574 g/mol. The lowest BCUT2D eigenvalue weighted by molar-refractivity contribution is -0.150. The molecule has 2 atom stereocenters. The second-order valence-electron chi connectivity index (χ2n) is 12.5. The van der Waals surface area contributed by atoms with Crippen LogP contribution >= 0.6 is 0 Å². The molecule has 2 N–H and O–H groups in total. The maximum Gasteiger partial charge on any atom is 0.416 e. The van der Waals surface area contributed by atoms with E-state index in [0.717, 1.165) is 57.2 Å². The van der Waals surface area contributed by atoms with Gasteiger partial charge in [-0.05, 0) is 87.6 Å². The number of carbonyl (C=O) groups excluding carboxylic acids is 1. The highest BCUT2D eigenvalue weighted by molar-refractivity contribution is 5.84. The van der Waals surface area contributed by atoms with Crippen molar-refractivity contribution in [2.75, 3.05) is 19.7 Å². The lowest BCUT2D eigenvalue weighted by Gasteiger charge is -2.49. The van der Waals surface area contributed by atoms with Crippen LogP contribution < -0.4 is 5.32 Å². The van der Waals surface area contributed by atoms with Gasteiger partial charge in [-0.3, -0.25) is 4.79 Å². The summed E-state index contributed by atoms with van der Waals surface area (Å²) in [5.74, 6) is -1.86. The molecule has 2 aromatic carbocycles. The molecule has 2 heterocycles. The van der Waals surface area contributed by atoms with Crippen molar-refractivity contribution in [1.29, 1.82) is 0 Å². The number of hydrogen-bond donors (Lipinski definition) is 2. The molecule has 0 aromatic heterocycles. The number of piperidine rings is 1. The Bertz CT molecular complexity index is 1220. The van der Waals surface area contributed by atoms with E-state index in [1.165, 1.54) is 6.92 Å². The zero-order valence-electron chi connectivity index (χ0n) is 24.1. The predicted molar refractivity (Wildman–Crippen MR) is 148 cm³/mol. The van der Waals surface area contributed by atoms with E-state index in [-0.39, 0.29) is 23.3 Å². The van der Waals surface area contributed by atoms with Crippen LogP contribution in [-0.4, -0.2) is 53.4 Å². The molecule has 0 bridgehead atoms. The second-order valence-corrected chi connectivity index (χ2v) is 12.5. The zero-order valence-corrected chi connectivity index (χ0v) is 24.1. The van der Waals surface area contributed by atoms with Crippen LogP contribution in [0.3, 0.4) is 0 Å². The summed E-state index contributed by atoms with van der Waals surface area (Å²) in [5.41, 5.74) is -3.31. The minimum atomic E-state index is -4.99. The molecule has 1 spiro atoms. The zero-order chi connectivity index (χ0) is 31.0. The summed E-state index contributed by atoms with van der Waals surface area (Å²) in [6.07, 6.45) is -4.27. The highest BCUT2D eigenvalue weighted by Crippen LogP contribution is 2.43. The van der Waals surface area contributed by atoms with E-state index in [0.29, 0.717) is 31.6 Å². The molecule has 236 valence electrons. The summed E-state index contributed by atoms with van der Waals surface area (Å²) in [5, 5.41) is 12.9. The molecule has 1 saturated carbocycles. The summed E-state index contributed by atoms with van der Waals surface area (Å²) in [6, 6.07) is 11.0. The second kappa shape index (κ2) is 12.0. The lowest BCUT2D eigenvalue weighted by atomic mass is 9.73. The Labute approximate surface area is 247 Å². The van der Waals surface area contributed by atoms with Crippen molar-refractivity contribution >= 4 is 5.91 Å². The van der Waals surface area contributed by atoms with Crippen molar-refractivity contribution in [1.82, 2.24) is 10.2 Å². The molecule has 2 aromatic rings. The number of rotatable bonds is 5. The average molecular weight is 613 g/mol. The van der Waals surface area contributed by atoms with Gasteiger partial charge in [0.05, 0.1) is 40.9 Å². The van der Waals surface area contributed by atoms with Crippen molar-refractivity contribution in [3.8, 4) is 0 Å². The number of amides is 1. The first kappa shape index (κ1) is 31.8.